The maximum atomic E-state index is 13.5. The third-order valence-corrected chi connectivity index (χ3v) is 3.86. The SMILES string of the molecule is O=C(Nc1cc([N+](=O)[O-])ccc1Cl)c1ccn(COc2ccc(F)cc2F)n1. The maximum absolute atomic E-state index is 13.5. The van der Waals surface area contributed by atoms with E-state index < -0.39 is 22.5 Å². The van der Waals surface area contributed by atoms with Crippen LogP contribution in [-0.2, 0) is 6.73 Å². The minimum absolute atomic E-state index is 0.0225. The van der Waals surface area contributed by atoms with Gasteiger partial charge in [-0.25, -0.2) is 13.5 Å². The Balaban J connectivity index is 1.67. The van der Waals surface area contributed by atoms with Gasteiger partial charge in [-0.3, -0.25) is 14.9 Å². The van der Waals surface area contributed by atoms with Crippen molar-refractivity contribution in [2.24, 2.45) is 0 Å². The Bertz CT molecular complexity index is 1060. The van der Waals surface area contributed by atoms with Crippen molar-refractivity contribution < 1.29 is 23.2 Å². The lowest BCUT2D eigenvalue weighted by Crippen LogP contribution is -2.14. The molecule has 0 fully saturated rings. The van der Waals surface area contributed by atoms with Crippen molar-refractivity contribution in [2.45, 2.75) is 6.73 Å². The van der Waals surface area contributed by atoms with Gasteiger partial charge in [0.25, 0.3) is 11.6 Å². The van der Waals surface area contributed by atoms with Gasteiger partial charge in [0, 0.05) is 24.4 Å². The molecule has 0 saturated heterocycles. The fourth-order valence-corrected chi connectivity index (χ4v) is 2.36. The molecule has 1 amide bonds. The Morgan fingerprint density at radius 1 is 1.25 bits per heavy atom. The zero-order valence-corrected chi connectivity index (χ0v) is 14.7. The van der Waals surface area contributed by atoms with Crippen molar-refractivity contribution in [3.8, 4) is 5.75 Å². The summed E-state index contributed by atoms with van der Waals surface area (Å²) in [5.74, 6) is -2.44. The van der Waals surface area contributed by atoms with Gasteiger partial charge in [-0.2, -0.15) is 5.10 Å². The predicted octanol–water partition coefficient (Wildman–Crippen LogP) is 4.01. The van der Waals surface area contributed by atoms with Crippen LogP contribution in [0.3, 0.4) is 0 Å². The van der Waals surface area contributed by atoms with Crippen molar-refractivity contribution in [2.75, 3.05) is 5.32 Å². The molecule has 0 saturated carbocycles. The smallest absolute Gasteiger partial charge is 0.276 e. The fourth-order valence-electron chi connectivity index (χ4n) is 2.19. The van der Waals surface area contributed by atoms with Gasteiger partial charge in [-0.15, -0.1) is 0 Å². The average Bonchev–Trinajstić information content (AvgIpc) is 3.12. The van der Waals surface area contributed by atoms with Crippen LogP contribution in [0.2, 0.25) is 5.02 Å². The summed E-state index contributed by atoms with van der Waals surface area (Å²) in [6.45, 7) is -0.229. The topological polar surface area (TPSA) is 99.3 Å². The molecule has 1 N–H and O–H groups in total. The Hall–Kier alpha value is -3.53. The van der Waals surface area contributed by atoms with Gasteiger partial charge in [0.15, 0.2) is 24.0 Å². The highest BCUT2D eigenvalue weighted by Gasteiger charge is 2.15. The third kappa shape index (κ3) is 4.41. The van der Waals surface area contributed by atoms with Crippen LogP contribution < -0.4 is 10.1 Å². The first-order valence-corrected chi connectivity index (χ1v) is 8.08. The number of halogens is 3. The first-order valence-electron chi connectivity index (χ1n) is 7.70. The second-order valence-corrected chi connectivity index (χ2v) is 5.87. The number of carbonyl (C=O) groups excluding carboxylic acids is 1. The van der Waals surface area contributed by atoms with Crippen LogP contribution in [-0.4, -0.2) is 20.6 Å². The highest BCUT2D eigenvalue weighted by atomic mass is 35.5. The van der Waals surface area contributed by atoms with E-state index >= 15 is 0 Å². The summed E-state index contributed by atoms with van der Waals surface area (Å²) in [5.41, 5.74) is -0.203. The molecule has 1 aromatic heterocycles. The number of nitro benzene ring substituents is 1. The molecule has 0 radical (unpaired) electrons. The summed E-state index contributed by atoms with van der Waals surface area (Å²) in [6, 6.07) is 7.84. The molecule has 144 valence electrons. The molecule has 2 aromatic carbocycles. The van der Waals surface area contributed by atoms with Crippen molar-refractivity contribution in [1.29, 1.82) is 0 Å². The number of benzene rings is 2. The fraction of sp³-hybridized carbons (Fsp3) is 0.0588. The van der Waals surface area contributed by atoms with Crippen LogP contribution in [0.4, 0.5) is 20.2 Å². The van der Waals surface area contributed by atoms with Gasteiger partial charge in [-0.1, -0.05) is 11.6 Å². The standard InChI is InChI=1S/C17H11ClF2N4O4/c18-12-3-2-11(24(26)27)8-15(12)21-17(25)14-5-6-23(22-14)9-28-16-4-1-10(19)7-13(16)20/h1-8H,9H2,(H,21,25). The normalized spacial score (nSPS) is 10.5. The summed E-state index contributed by atoms with van der Waals surface area (Å²) in [4.78, 5) is 22.5. The number of carbonyl (C=O) groups is 1. The lowest BCUT2D eigenvalue weighted by atomic mass is 10.2. The first-order chi connectivity index (χ1) is 13.3. The summed E-state index contributed by atoms with van der Waals surface area (Å²) >= 11 is 5.94. The lowest BCUT2D eigenvalue weighted by molar-refractivity contribution is -0.384. The molecule has 0 aliphatic heterocycles. The van der Waals surface area contributed by atoms with E-state index in [0.717, 1.165) is 18.2 Å². The first kappa shape index (κ1) is 19.2. The molecule has 11 heteroatoms. The van der Waals surface area contributed by atoms with Crippen LogP contribution in [0.1, 0.15) is 10.5 Å². The highest BCUT2D eigenvalue weighted by Crippen LogP contribution is 2.27. The number of rotatable bonds is 6. The summed E-state index contributed by atoms with van der Waals surface area (Å²) in [6.07, 6.45) is 1.41. The molecule has 0 bridgehead atoms. The van der Waals surface area contributed by atoms with Crippen LogP contribution >= 0.6 is 11.6 Å². The van der Waals surface area contributed by atoms with Crippen molar-refractivity contribution in [3.63, 3.8) is 0 Å². The summed E-state index contributed by atoms with van der Waals surface area (Å²) in [5, 5.41) is 17.3. The number of hydrogen-bond acceptors (Lipinski definition) is 5. The minimum atomic E-state index is -0.870. The molecule has 8 nitrogen and oxygen atoms in total. The average molecular weight is 409 g/mol. The number of nitrogens with one attached hydrogen (secondary N) is 1. The monoisotopic (exact) mass is 408 g/mol. The van der Waals surface area contributed by atoms with E-state index in [0.29, 0.717) is 6.07 Å². The second kappa shape index (κ2) is 8.01. The predicted molar refractivity (Wildman–Crippen MR) is 95.3 cm³/mol. The number of nitrogens with zero attached hydrogens (tertiary/aromatic N) is 3. The van der Waals surface area contributed by atoms with Crippen molar-refractivity contribution >= 4 is 28.9 Å². The number of hydrogen-bond donors (Lipinski definition) is 1. The quantitative estimate of drug-likeness (QED) is 0.490. The van der Waals surface area contributed by atoms with E-state index in [1.807, 2.05) is 0 Å². The van der Waals surface area contributed by atoms with Gasteiger partial charge >= 0.3 is 0 Å². The molecule has 0 aliphatic rings. The molecular weight excluding hydrogens is 398 g/mol. The molecule has 28 heavy (non-hydrogen) atoms. The van der Waals surface area contributed by atoms with E-state index in [-0.39, 0.29) is 34.6 Å². The van der Waals surface area contributed by atoms with E-state index in [2.05, 4.69) is 10.4 Å². The Morgan fingerprint density at radius 3 is 2.75 bits per heavy atom. The van der Waals surface area contributed by atoms with Crippen molar-refractivity contribution in [1.82, 2.24) is 9.78 Å². The minimum Gasteiger partial charge on any atom is -0.468 e. The molecule has 0 spiro atoms. The van der Waals surface area contributed by atoms with Crippen molar-refractivity contribution in [3.05, 3.63) is 81.1 Å². The zero-order chi connectivity index (χ0) is 20.3. The van der Waals surface area contributed by atoms with Gasteiger partial charge in [-0.05, 0) is 24.3 Å². The molecule has 0 aliphatic carbocycles. The van der Waals surface area contributed by atoms with Gasteiger partial charge < -0.3 is 10.1 Å². The van der Waals surface area contributed by atoms with Crippen LogP contribution in [0.25, 0.3) is 0 Å². The van der Waals surface area contributed by atoms with E-state index in [1.165, 1.54) is 29.1 Å². The number of aromatic nitrogens is 2. The Morgan fingerprint density at radius 2 is 2.04 bits per heavy atom. The Labute approximate surface area is 161 Å². The summed E-state index contributed by atoms with van der Waals surface area (Å²) < 4.78 is 32.8. The van der Waals surface area contributed by atoms with Gasteiger partial charge in [0.05, 0.1) is 15.6 Å². The molecule has 0 atom stereocenters. The van der Waals surface area contributed by atoms with E-state index in [1.54, 1.807) is 0 Å². The number of non-ortho nitro benzene ring substituents is 1. The van der Waals surface area contributed by atoms with E-state index in [9.17, 15) is 23.7 Å². The van der Waals surface area contributed by atoms with Gasteiger partial charge in [0.2, 0.25) is 0 Å². The number of anilines is 1. The highest BCUT2D eigenvalue weighted by molar-refractivity contribution is 6.34. The lowest BCUT2D eigenvalue weighted by Gasteiger charge is -2.07. The zero-order valence-electron chi connectivity index (χ0n) is 13.9. The second-order valence-electron chi connectivity index (χ2n) is 5.46. The number of nitro groups is 1. The molecule has 3 rings (SSSR count). The van der Waals surface area contributed by atoms with E-state index in [4.69, 9.17) is 16.3 Å². The largest absolute Gasteiger partial charge is 0.468 e. The third-order valence-electron chi connectivity index (χ3n) is 3.53. The number of ether oxygens (including phenoxy) is 1. The maximum Gasteiger partial charge on any atom is 0.276 e. The van der Waals surface area contributed by atoms with Crippen LogP contribution in [0, 0.1) is 21.7 Å². The summed E-state index contributed by atoms with van der Waals surface area (Å²) in [7, 11) is 0. The number of amides is 1. The van der Waals surface area contributed by atoms with Crippen LogP contribution in [0.5, 0.6) is 5.75 Å². The van der Waals surface area contributed by atoms with Crippen LogP contribution in [0.15, 0.2) is 48.7 Å². The molecule has 3 aromatic rings. The molecular formula is C17H11ClF2N4O4. The molecule has 0 unspecified atom stereocenters. The molecule has 1 heterocycles. The van der Waals surface area contributed by atoms with Gasteiger partial charge in [0.1, 0.15) is 5.82 Å². The Kier molecular flexibility index (Phi) is 5.50.